The van der Waals surface area contributed by atoms with Gasteiger partial charge in [0.2, 0.25) is 5.91 Å². The highest BCUT2D eigenvalue weighted by molar-refractivity contribution is 5.93. The smallest absolute Gasteiger partial charge is 0.331 e. The Hall–Kier alpha value is -3.68. The van der Waals surface area contributed by atoms with E-state index in [4.69, 9.17) is 0 Å². The Bertz CT molecular complexity index is 1410. The molecule has 4 rings (SSSR count). The Balaban J connectivity index is 1.64. The number of carbonyl (C=O) groups excluding carboxylic acids is 1. The van der Waals surface area contributed by atoms with Gasteiger partial charge < -0.3 is 9.88 Å². The van der Waals surface area contributed by atoms with E-state index in [1.54, 1.807) is 43.4 Å². The van der Waals surface area contributed by atoms with Crippen molar-refractivity contribution in [3.8, 4) is 0 Å². The number of nitrogens with zero attached hydrogens (tertiary/aromatic N) is 4. The number of aromatic nitrogens is 4. The van der Waals surface area contributed by atoms with Gasteiger partial charge in [-0.25, -0.2) is 9.78 Å². The largest absolute Gasteiger partial charge is 0.331 e. The molecule has 0 saturated carbocycles. The number of imidazole rings is 1. The van der Waals surface area contributed by atoms with E-state index in [9.17, 15) is 14.4 Å². The van der Waals surface area contributed by atoms with E-state index in [-0.39, 0.29) is 12.5 Å². The molecule has 0 fully saturated rings. The Kier molecular flexibility index (Phi) is 4.77. The molecular weight excluding hydrogens is 382 g/mol. The van der Waals surface area contributed by atoms with Crippen molar-refractivity contribution in [1.29, 1.82) is 0 Å². The van der Waals surface area contributed by atoms with Gasteiger partial charge in [-0.05, 0) is 30.3 Å². The fourth-order valence-corrected chi connectivity index (χ4v) is 3.76. The molecule has 0 atom stereocenters. The van der Waals surface area contributed by atoms with E-state index in [0.717, 1.165) is 21.4 Å². The molecule has 2 heterocycles. The number of rotatable bonds is 4. The molecule has 2 aromatic carbocycles. The zero-order chi connectivity index (χ0) is 21.6. The maximum absolute atomic E-state index is 12.7. The number of hydrogen-bond acceptors (Lipinski definition) is 4. The topological polar surface area (TPSA) is 90.9 Å². The van der Waals surface area contributed by atoms with Crippen LogP contribution in [0.5, 0.6) is 0 Å². The van der Waals surface area contributed by atoms with Crippen molar-refractivity contribution in [1.82, 2.24) is 18.7 Å². The lowest BCUT2D eigenvalue weighted by Gasteiger charge is -2.11. The maximum atomic E-state index is 12.7. The Labute approximate surface area is 172 Å². The summed E-state index contributed by atoms with van der Waals surface area (Å²) in [4.78, 5) is 42.6. The molecule has 8 heteroatoms. The summed E-state index contributed by atoms with van der Waals surface area (Å²) < 4.78 is 4.36. The molecule has 1 amide bonds. The minimum atomic E-state index is -0.532. The van der Waals surface area contributed by atoms with Crippen LogP contribution in [0.15, 0.2) is 52.1 Å². The third-order valence-electron chi connectivity index (χ3n) is 5.28. The first-order valence-electron chi connectivity index (χ1n) is 9.72. The molecule has 0 aliphatic rings. The molecular formula is C22H23N5O3. The highest BCUT2D eigenvalue weighted by Gasteiger charge is 2.15. The van der Waals surface area contributed by atoms with Crippen molar-refractivity contribution < 1.29 is 4.79 Å². The van der Waals surface area contributed by atoms with Crippen LogP contribution in [-0.4, -0.2) is 24.6 Å². The van der Waals surface area contributed by atoms with E-state index in [2.05, 4.69) is 24.1 Å². The van der Waals surface area contributed by atoms with Crippen LogP contribution in [0.2, 0.25) is 0 Å². The van der Waals surface area contributed by atoms with Gasteiger partial charge in [-0.2, -0.15) is 0 Å². The number of hydrogen-bond donors (Lipinski definition) is 1. The zero-order valence-corrected chi connectivity index (χ0v) is 17.3. The number of nitrogens with one attached hydrogen (secondary N) is 1. The summed E-state index contributed by atoms with van der Waals surface area (Å²) in [5, 5.41) is 3.16. The standard InChI is InChI=1S/C22H23N5O3/c1-13(2)20-24-16-11-14(9-10-18(16)25(20)3)23-19(28)12-27-21(29)15-7-5-6-8-17(15)26(4)22(27)30/h5-11,13H,12H2,1-4H3,(H,23,28). The van der Waals surface area contributed by atoms with Crippen LogP contribution >= 0.6 is 0 Å². The summed E-state index contributed by atoms with van der Waals surface area (Å²) in [6, 6.07) is 12.3. The summed E-state index contributed by atoms with van der Waals surface area (Å²) in [5.74, 6) is 0.778. The summed E-state index contributed by atoms with van der Waals surface area (Å²) in [6.45, 7) is 3.78. The van der Waals surface area contributed by atoms with Gasteiger partial charge in [0.15, 0.2) is 0 Å². The number of carbonyl (C=O) groups is 1. The first-order valence-corrected chi connectivity index (χ1v) is 9.72. The number of amides is 1. The van der Waals surface area contributed by atoms with Crippen molar-refractivity contribution in [3.63, 3.8) is 0 Å². The summed E-state index contributed by atoms with van der Waals surface area (Å²) in [7, 11) is 3.55. The lowest BCUT2D eigenvalue weighted by Crippen LogP contribution is -2.41. The average molecular weight is 405 g/mol. The van der Waals surface area contributed by atoms with Crippen LogP contribution in [0.4, 0.5) is 5.69 Å². The normalized spacial score (nSPS) is 11.5. The fraction of sp³-hybridized carbons (Fsp3) is 0.273. The van der Waals surface area contributed by atoms with Gasteiger partial charge in [0.1, 0.15) is 12.4 Å². The molecule has 4 aromatic rings. The second-order valence-corrected chi connectivity index (χ2v) is 7.69. The second-order valence-electron chi connectivity index (χ2n) is 7.69. The predicted molar refractivity (Wildman–Crippen MR) is 117 cm³/mol. The van der Waals surface area contributed by atoms with Crippen molar-refractivity contribution in [2.24, 2.45) is 14.1 Å². The molecule has 154 valence electrons. The molecule has 30 heavy (non-hydrogen) atoms. The van der Waals surface area contributed by atoms with Crippen molar-refractivity contribution in [3.05, 3.63) is 69.1 Å². The molecule has 8 nitrogen and oxygen atoms in total. The Morgan fingerprint density at radius 2 is 1.77 bits per heavy atom. The Morgan fingerprint density at radius 3 is 2.50 bits per heavy atom. The van der Waals surface area contributed by atoms with Gasteiger partial charge in [-0.1, -0.05) is 26.0 Å². The van der Waals surface area contributed by atoms with Crippen molar-refractivity contribution in [2.45, 2.75) is 26.3 Å². The van der Waals surface area contributed by atoms with E-state index in [1.165, 1.54) is 4.57 Å². The quantitative estimate of drug-likeness (QED) is 0.564. The third kappa shape index (κ3) is 3.20. The molecule has 0 aliphatic carbocycles. The second kappa shape index (κ2) is 7.29. The van der Waals surface area contributed by atoms with Gasteiger partial charge in [0.25, 0.3) is 5.56 Å². The highest BCUT2D eigenvalue weighted by Crippen LogP contribution is 2.23. The van der Waals surface area contributed by atoms with Gasteiger partial charge in [-0.3, -0.25) is 18.7 Å². The number of fused-ring (bicyclic) bond motifs is 2. The van der Waals surface area contributed by atoms with Crippen LogP contribution < -0.4 is 16.6 Å². The predicted octanol–water partition coefficient (Wildman–Crippen LogP) is 2.35. The van der Waals surface area contributed by atoms with Crippen LogP contribution in [0.3, 0.4) is 0 Å². The molecule has 2 aromatic heterocycles. The zero-order valence-electron chi connectivity index (χ0n) is 17.3. The minimum absolute atomic E-state index is 0.274. The summed E-state index contributed by atoms with van der Waals surface area (Å²) in [5.41, 5.74) is 1.83. The van der Waals surface area contributed by atoms with Crippen LogP contribution in [0.1, 0.15) is 25.6 Å². The molecule has 0 bridgehead atoms. The SMILES string of the molecule is CC(C)c1nc2cc(NC(=O)Cn3c(=O)c4ccccc4n(C)c3=O)ccc2n1C. The summed E-state index contributed by atoms with van der Waals surface area (Å²) in [6.07, 6.45) is 0. The molecule has 0 aliphatic heterocycles. The first-order chi connectivity index (χ1) is 14.3. The van der Waals surface area contributed by atoms with Crippen LogP contribution in [0.25, 0.3) is 21.9 Å². The van der Waals surface area contributed by atoms with Crippen LogP contribution in [-0.2, 0) is 25.4 Å². The molecule has 0 saturated heterocycles. The number of anilines is 1. The fourth-order valence-electron chi connectivity index (χ4n) is 3.76. The third-order valence-corrected chi connectivity index (χ3v) is 5.28. The van der Waals surface area contributed by atoms with Gasteiger partial charge in [0.05, 0.1) is 21.9 Å². The monoisotopic (exact) mass is 405 g/mol. The van der Waals surface area contributed by atoms with Crippen molar-refractivity contribution in [2.75, 3.05) is 5.32 Å². The van der Waals surface area contributed by atoms with E-state index in [1.807, 2.05) is 17.7 Å². The van der Waals surface area contributed by atoms with Crippen LogP contribution in [0, 0.1) is 0 Å². The molecule has 0 unspecified atom stereocenters. The van der Waals surface area contributed by atoms with Gasteiger partial charge in [-0.15, -0.1) is 0 Å². The van der Waals surface area contributed by atoms with E-state index < -0.39 is 17.2 Å². The lowest BCUT2D eigenvalue weighted by atomic mass is 10.2. The summed E-state index contributed by atoms with van der Waals surface area (Å²) >= 11 is 0. The maximum Gasteiger partial charge on any atom is 0.331 e. The number of benzene rings is 2. The number of aryl methyl sites for hydroxylation is 2. The Morgan fingerprint density at radius 1 is 1.03 bits per heavy atom. The number of para-hydroxylation sites is 1. The molecule has 1 N–H and O–H groups in total. The molecule has 0 spiro atoms. The lowest BCUT2D eigenvalue weighted by molar-refractivity contribution is -0.116. The van der Waals surface area contributed by atoms with E-state index in [0.29, 0.717) is 16.6 Å². The first kappa shape index (κ1) is 19.6. The highest BCUT2D eigenvalue weighted by atomic mass is 16.2. The van der Waals surface area contributed by atoms with Gasteiger partial charge in [0, 0.05) is 25.7 Å². The molecule has 0 radical (unpaired) electrons. The van der Waals surface area contributed by atoms with E-state index >= 15 is 0 Å². The van der Waals surface area contributed by atoms with Gasteiger partial charge >= 0.3 is 5.69 Å². The van der Waals surface area contributed by atoms with Crippen molar-refractivity contribution >= 4 is 33.5 Å². The average Bonchev–Trinajstić information content (AvgIpc) is 3.06. The minimum Gasteiger partial charge on any atom is -0.331 e.